The van der Waals surface area contributed by atoms with Crippen LogP contribution >= 0.6 is 0 Å². The van der Waals surface area contributed by atoms with Gasteiger partial charge in [-0.15, -0.1) is 0 Å². The van der Waals surface area contributed by atoms with E-state index in [0.29, 0.717) is 26.4 Å². The average Bonchev–Trinajstić information content (AvgIpc) is 1.96. The molecule has 1 N–H and O–H groups in total. The first-order chi connectivity index (χ1) is 5.27. The Morgan fingerprint density at radius 2 is 2.09 bits per heavy atom. The Hall–Kier alpha value is -0.610. The third-order valence-corrected chi connectivity index (χ3v) is 1.05. The average molecular weight is 161 g/mol. The van der Waals surface area contributed by atoms with Crippen molar-refractivity contribution in [2.24, 2.45) is 0 Å². The van der Waals surface area contributed by atoms with Crippen molar-refractivity contribution in [1.29, 1.82) is 0 Å². The Labute approximate surface area is 66.9 Å². The third kappa shape index (κ3) is 9.39. The molecule has 0 aromatic rings. The highest BCUT2D eigenvalue weighted by Gasteiger charge is 1.89. The molecule has 4 nitrogen and oxygen atoms in total. The largest absolute Gasteiger partial charge is 0.382 e. The molecular formula is C7H15NO3. The smallest absolute Gasteiger partial charge is 0.216 e. The van der Waals surface area contributed by atoms with Crippen LogP contribution in [0.1, 0.15) is 6.92 Å². The standard InChI is InChI=1S/C7H15NO3/c1-7(9)8-3-4-11-6-5-10-2/h3-6H2,1-2H3,(H,8,9). The van der Waals surface area contributed by atoms with E-state index in [1.165, 1.54) is 6.92 Å². The summed E-state index contributed by atoms with van der Waals surface area (Å²) in [4.78, 5) is 10.3. The minimum absolute atomic E-state index is 0.0275. The predicted molar refractivity (Wildman–Crippen MR) is 41.4 cm³/mol. The maximum Gasteiger partial charge on any atom is 0.216 e. The van der Waals surface area contributed by atoms with E-state index >= 15 is 0 Å². The van der Waals surface area contributed by atoms with E-state index < -0.39 is 0 Å². The van der Waals surface area contributed by atoms with E-state index in [1.807, 2.05) is 0 Å². The summed E-state index contributed by atoms with van der Waals surface area (Å²) in [5, 5.41) is 2.62. The molecular weight excluding hydrogens is 146 g/mol. The fourth-order valence-electron chi connectivity index (χ4n) is 0.544. The highest BCUT2D eigenvalue weighted by Crippen LogP contribution is 1.74. The zero-order valence-electron chi connectivity index (χ0n) is 7.05. The molecule has 0 aromatic heterocycles. The number of nitrogens with one attached hydrogen (secondary N) is 1. The van der Waals surface area contributed by atoms with E-state index in [1.54, 1.807) is 7.11 Å². The van der Waals surface area contributed by atoms with E-state index in [0.717, 1.165) is 0 Å². The topological polar surface area (TPSA) is 47.6 Å². The van der Waals surface area contributed by atoms with Crippen LogP contribution in [-0.2, 0) is 14.3 Å². The minimum Gasteiger partial charge on any atom is -0.382 e. The predicted octanol–water partition coefficient (Wildman–Crippen LogP) is -0.215. The maximum atomic E-state index is 10.3. The van der Waals surface area contributed by atoms with Crippen LogP contribution in [0.2, 0.25) is 0 Å². The number of ether oxygens (including phenoxy) is 2. The van der Waals surface area contributed by atoms with Gasteiger partial charge in [-0.05, 0) is 0 Å². The summed E-state index contributed by atoms with van der Waals surface area (Å²) in [7, 11) is 1.62. The summed E-state index contributed by atoms with van der Waals surface area (Å²) >= 11 is 0. The summed E-state index contributed by atoms with van der Waals surface area (Å²) in [5.41, 5.74) is 0. The van der Waals surface area contributed by atoms with Gasteiger partial charge in [0.15, 0.2) is 0 Å². The van der Waals surface area contributed by atoms with Gasteiger partial charge in [0.05, 0.1) is 19.8 Å². The van der Waals surface area contributed by atoms with E-state index in [9.17, 15) is 4.79 Å². The fraction of sp³-hybridized carbons (Fsp3) is 0.857. The van der Waals surface area contributed by atoms with Gasteiger partial charge in [0.25, 0.3) is 0 Å². The monoisotopic (exact) mass is 161 g/mol. The molecule has 0 bridgehead atoms. The van der Waals surface area contributed by atoms with Crippen molar-refractivity contribution in [2.45, 2.75) is 6.92 Å². The highest BCUT2D eigenvalue weighted by molar-refractivity contribution is 5.72. The van der Waals surface area contributed by atoms with Gasteiger partial charge < -0.3 is 14.8 Å². The van der Waals surface area contributed by atoms with E-state index in [4.69, 9.17) is 9.47 Å². The van der Waals surface area contributed by atoms with Crippen LogP contribution in [0.3, 0.4) is 0 Å². The third-order valence-electron chi connectivity index (χ3n) is 1.05. The van der Waals surface area contributed by atoms with Gasteiger partial charge in [-0.25, -0.2) is 0 Å². The fourth-order valence-corrected chi connectivity index (χ4v) is 0.544. The van der Waals surface area contributed by atoms with E-state index in [-0.39, 0.29) is 5.91 Å². The molecule has 0 aliphatic heterocycles. The Morgan fingerprint density at radius 1 is 1.36 bits per heavy atom. The molecule has 0 saturated carbocycles. The molecule has 11 heavy (non-hydrogen) atoms. The molecule has 1 amide bonds. The van der Waals surface area contributed by atoms with Crippen molar-refractivity contribution in [3.05, 3.63) is 0 Å². The number of methoxy groups -OCH3 is 1. The number of carbonyl (C=O) groups is 1. The second-order valence-corrected chi connectivity index (χ2v) is 2.09. The van der Waals surface area contributed by atoms with Crippen LogP contribution in [-0.4, -0.2) is 39.4 Å². The Kier molecular flexibility index (Phi) is 7.08. The SMILES string of the molecule is COCCOCCNC(C)=O. The van der Waals surface area contributed by atoms with Crippen molar-refractivity contribution in [3.63, 3.8) is 0 Å². The van der Waals surface area contributed by atoms with Crippen molar-refractivity contribution < 1.29 is 14.3 Å². The van der Waals surface area contributed by atoms with Gasteiger partial charge in [0.1, 0.15) is 0 Å². The van der Waals surface area contributed by atoms with Gasteiger partial charge in [-0.1, -0.05) is 0 Å². The maximum absolute atomic E-state index is 10.3. The summed E-state index contributed by atoms with van der Waals surface area (Å²) in [6, 6.07) is 0. The lowest BCUT2D eigenvalue weighted by molar-refractivity contribution is -0.119. The van der Waals surface area contributed by atoms with Gasteiger partial charge in [0, 0.05) is 20.6 Å². The molecule has 66 valence electrons. The molecule has 0 radical (unpaired) electrons. The molecule has 0 aromatic carbocycles. The molecule has 4 heteroatoms. The molecule has 0 fully saturated rings. The number of carbonyl (C=O) groups excluding carboxylic acids is 1. The van der Waals surface area contributed by atoms with Gasteiger partial charge >= 0.3 is 0 Å². The van der Waals surface area contributed by atoms with Crippen LogP contribution in [0.4, 0.5) is 0 Å². The molecule has 0 aliphatic carbocycles. The number of amides is 1. The second-order valence-electron chi connectivity index (χ2n) is 2.09. The van der Waals surface area contributed by atoms with Crippen LogP contribution in [0.15, 0.2) is 0 Å². The Balaban J connectivity index is 2.85. The number of rotatable bonds is 6. The zero-order chi connectivity index (χ0) is 8.53. The molecule has 0 atom stereocenters. The van der Waals surface area contributed by atoms with Gasteiger partial charge in [-0.3, -0.25) is 4.79 Å². The first kappa shape index (κ1) is 10.4. The van der Waals surface area contributed by atoms with Crippen LogP contribution in [0.25, 0.3) is 0 Å². The molecule has 0 aliphatic rings. The van der Waals surface area contributed by atoms with Gasteiger partial charge in [0.2, 0.25) is 5.91 Å². The molecule has 0 unspecified atom stereocenters. The Bertz CT molecular complexity index is 106. The molecule has 0 saturated heterocycles. The first-order valence-corrected chi connectivity index (χ1v) is 3.58. The van der Waals surface area contributed by atoms with Crippen molar-refractivity contribution in [3.8, 4) is 0 Å². The first-order valence-electron chi connectivity index (χ1n) is 3.58. The van der Waals surface area contributed by atoms with Crippen molar-refractivity contribution in [1.82, 2.24) is 5.32 Å². The normalized spacial score (nSPS) is 9.64. The summed E-state index contributed by atoms with van der Waals surface area (Å²) < 4.78 is 9.84. The van der Waals surface area contributed by atoms with Gasteiger partial charge in [-0.2, -0.15) is 0 Å². The lowest BCUT2D eigenvalue weighted by atomic mass is 10.6. The lowest BCUT2D eigenvalue weighted by Crippen LogP contribution is -2.24. The molecule has 0 rings (SSSR count). The van der Waals surface area contributed by atoms with Crippen LogP contribution in [0, 0.1) is 0 Å². The van der Waals surface area contributed by atoms with Crippen molar-refractivity contribution >= 4 is 5.91 Å². The molecule has 0 spiro atoms. The quantitative estimate of drug-likeness (QED) is 0.548. The molecule has 0 heterocycles. The highest BCUT2D eigenvalue weighted by atomic mass is 16.5. The zero-order valence-corrected chi connectivity index (χ0v) is 7.05. The van der Waals surface area contributed by atoms with E-state index in [2.05, 4.69) is 5.32 Å². The number of hydrogen-bond donors (Lipinski definition) is 1. The van der Waals surface area contributed by atoms with Crippen LogP contribution < -0.4 is 5.32 Å². The number of hydrogen-bond acceptors (Lipinski definition) is 3. The Morgan fingerprint density at radius 3 is 2.64 bits per heavy atom. The summed E-state index contributed by atoms with van der Waals surface area (Å²) in [6.45, 7) is 3.77. The van der Waals surface area contributed by atoms with Crippen LogP contribution in [0.5, 0.6) is 0 Å². The second kappa shape index (κ2) is 7.50. The summed E-state index contributed by atoms with van der Waals surface area (Å²) in [6.07, 6.45) is 0. The summed E-state index contributed by atoms with van der Waals surface area (Å²) in [5.74, 6) is -0.0275. The minimum atomic E-state index is -0.0275. The lowest BCUT2D eigenvalue weighted by Gasteiger charge is -2.03. The van der Waals surface area contributed by atoms with Crippen molar-refractivity contribution in [2.75, 3.05) is 33.5 Å².